The van der Waals surface area contributed by atoms with Crippen LogP contribution in [0.5, 0.6) is 0 Å². The number of aryl methyl sites for hydroxylation is 1. The molecule has 8 heteroatoms. The Bertz CT molecular complexity index is 602. The number of carbonyl (C=O) groups is 1. The lowest BCUT2D eigenvalue weighted by atomic mass is 10.3. The molecular formula is C13H19NO5S2. The number of thiophene rings is 1. The van der Waals surface area contributed by atoms with Crippen LogP contribution in [0.15, 0.2) is 11.0 Å². The zero-order chi connectivity index (χ0) is 15.5. The third-order valence-electron chi connectivity index (χ3n) is 3.42. The number of hydrogen-bond donors (Lipinski definition) is 2. The van der Waals surface area contributed by atoms with Crippen LogP contribution >= 0.6 is 11.3 Å². The molecular weight excluding hydrogens is 314 g/mol. The largest absolute Gasteiger partial charge is 0.477 e. The fraction of sp³-hybridized carbons (Fsp3) is 0.615. The normalized spacial score (nSPS) is 16.4. The van der Waals surface area contributed by atoms with Crippen molar-refractivity contribution in [1.29, 1.82) is 0 Å². The number of carboxylic acid groups (broad SMARTS) is 1. The fourth-order valence-corrected chi connectivity index (χ4v) is 4.81. The van der Waals surface area contributed by atoms with Crippen molar-refractivity contribution in [3.63, 3.8) is 0 Å². The van der Waals surface area contributed by atoms with E-state index in [-0.39, 0.29) is 22.4 Å². The number of ether oxygens (including phenoxy) is 1. The molecule has 1 aliphatic rings. The number of hydrogen-bond acceptors (Lipinski definition) is 5. The molecule has 1 heterocycles. The molecule has 0 bridgehead atoms. The maximum atomic E-state index is 12.1. The SMILES string of the molecule is Cc1sc(C(=O)O)cc1S(=O)(=O)NCCOC1CCCC1. The molecule has 0 aliphatic heterocycles. The van der Waals surface area contributed by atoms with E-state index < -0.39 is 16.0 Å². The first-order valence-electron chi connectivity index (χ1n) is 6.85. The molecule has 1 aliphatic carbocycles. The van der Waals surface area contributed by atoms with Crippen LogP contribution in [-0.2, 0) is 14.8 Å². The summed E-state index contributed by atoms with van der Waals surface area (Å²) >= 11 is 0.959. The second-order valence-electron chi connectivity index (χ2n) is 5.01. The molecule has 21 heavy (non-hydrogen) atoms. The lowest BCUT2D eigenvalue weighted by molar-refractivity contribution is 0.0626. The Morgan fingerprint density at radius 3 is 2.71 bits per heavy atom. The van der Waals surface area contributed by atoms with Crippen molar-refractivity contribution in [1.82, 2.24) is 4.72 Å². The highest BCUT2D eigenvalue weighted by Gasteiger charge is 2.22. The number of aromatic carboxylic acids is 1. The van der Waals surface area contributed by atoms with Gasteiger partial charge in [-0.3, -0.25) is 0 Å². The second kappa shape index (κ2) is 6.87. The Morgan fingerprint density at radius 1 is 1.48 bits per heavy atom. The predicted octanol–water partition coefficient (Wildman–Crippen LogP) is 1.99. The summed E-state index contributed by atoms with van der Waals surface area (Å²) in [5, 5.41) is 8.90. The molecule has 118 valence electrons. The van der Waals surface area contributed by atoms with Crippen LogP contribution in [0.3, 0.4) is 0 Å². The molecule has 0 atom stereocenters. The molecule has 2 N–H and O–H groups in total. The zero-order valence-corrected chi connectivity index (χ0v) is 13.4. The van der Waals surface area contributed by atoms with Crippen molar-refractivity contribution >= 4 is 27.3 Å². The van der Waals surface area contributed by atoms with Gasteiger partial charge in [0.1, 0.15) is 4.88 Å². The quantitative estimate of drug-likeness (QED) is 0.745. The van der Waals surface area contributed by atoms with Gasteiger partial charge in [-0.1, -0.05) is 12.8 Å². The van der Waals surface area contributed by atoms with E-state index >= 15 is 0 Å². The van der Waals surface area contributed by atoms with Gasteiger partial charge >= 0.3 is 5.97 Å². The first-order chi connectivity index (χ1) is 9.90. The average molecular weight is 333 g/mol. The summed E-state index contributed by atoms with van der Waals surface area (Å²) in [6, 6.07) is 1.20. The zero-order valence-electron chi connectivity index (χ0n) is 11.8. The first kappa shape index (κ1) is 16.4. The van der Waals surface area contributed by atoms with Gasteiger partial charge in [-0.05, 0) is 25.8 Å². The Morgan fingerprint density at radius 2 is 2.14 bits per heavy atom. The summed E-state index contributed by atoms with van der Waals surface area (Å²) in [4.78, 5) is 11.4. The van der Waals surface area contributed by atoms with Gasteiger partial charge in [0.2, 0.25) is 10.0 Å². The van der Waals surface area contributed by atoms with Crippen LogP contribution in [0, 0.1) is 6.92 Å². The monoisotopic (exact) mass is 333 g/mol. The minimum atomic E-state index is -3.68. The van der Waals surface area contributed by atoms with Crippen LogP contribution in [0.4, 0.5) is 0 Å². The summed E-state index contributed by atoms with van der Waals surface area (Å²) in [7, 11) is -3.68. The average Bonchev–Trinajstić information content (AvgIpc) is 3.04. The van der Waals surface area contributed by atoms with E-state index in [0.29, 0.717) is 11.5 Å². The van der Waals surface area contributed by atoms with Crippen LogP contribution in [0.1, 0.15) is 40.2 Å². The summed E-state index contributed by atoms with van der Waals surface area (Å²) in [5.74, 6) is -1.12. The Hall–Kier alpha value is -0.960. The Kier molecular flexibility index (Phi) is 5.37. The van der Waals surface area contributed by atoms with Crippen LogP contribution in [-0.4, -0.2) is 38.7 Å². The highest BCUT2D eigenvalue weighted by molar-refractivity contribution is 7.89. The summed E-state index contributed by atoms with van der Waals surface area (Å²) in [6.07, 6.45) is 4.66. The van der Waals surface area contributed by atoms with E-state index in [0.717, 1.165) is 24.2 Å². The molecule has 0 amide bonds. The maximum absolute atomic E-state index is 12.1. The molecule has 0 saturated heterocycles. The maximum Gasteiger partial charge on any atom is 0.345 e. The Balaban J connectivity index is 1.90. The third-order valence-corrected chi connectivity index (χ3v) is 6.18. The lowest BCUT2D eigenvalue weighted by Crippen LogP contribution is -2.28. The molecule has 0 unspecified atom stereocenters. The number of sulfonamides is 1. The van der Waals surface area contributed by atoms with E-state index in [1.807, 2.05) is 0 Å². The predicted molar refractivity (Wildman–Crippen MR) is 79.4 cm³/mol. The van der Waals surface area contributed by atoms with Crippen LogP contribution in [0.25, 0.3) is 0 Å². The van der Waals surface area contributed by atoms with Crippen molar-refractivity contribution < 1.29 is 23.1 Å². The summed E-state index contributed by atoms with van der Waals surface area (Å²) in [5.41, 5.74) is 0. The minimum absolute atomic E-state index is 0.0232. The number of carboxylic acids is 1. The molecule has 1 aromatic rings. The van der Waals surface area contributed by atoms with Gasteiger partial charge in [0.15, 0.2) is 0 Å². The highest BCUT2D eigenvalue weighted by atomic mass is 32.2. The van der Waals surface area contributed by atoms with Crippen molar-refractivity contribution in [3.05, 3.63) is 15.8 Å². The van der Waals surface area contributed by atoms with Crippen molar-refractivity contribution in [3.8, 4) is 0 Å². The van der Waals surface area contributed by atoms with E-state index in [1.54, 1.807) is 6.92 Å². The summed E-state index contributed by atoms with van der Waals surface area (Å²) in [6.45, 7) is 2.12. The number of nitrogens with one attached hydrogen (secondary N) is 1. The molecule has 1 aromatic heterocycles. The molecule has 0 radical (unpaired) electrons. The van der Waals surface area contributed by atoms with Crippen molar-refractivity contribution in [2.24, 2.45) is 0 Å². The topological polar surface area (TPSA) is 92.7 Å². The van der Waals surface area contributed by atoms with Gasteiger partial charge in [0.05, 0.1) is 17.6 Å². The lowest BCUT2D eigenvalue weighted by Gasteiger charge is -2.11. The van der Waals surface area contributed by atoms with Gasteiger partial charge in [-0.2, -0.15) is 0 Å². The van der Waals surface area contributed by atoms with Gasteiger partial charge in [-0.25, -0.2) is 17.9 Å². The molecule has 0 spiro atoms. The van der Waals surface area contributed by atoms with Gasteiger partial charge in [0, 0.05) is 11.4 Å². The van der Waals surface area contributed by atoms with Crippen LogP contribution < -0.4 is 4.72 Å². The van der Waals surface area contributed by atoms with E-state index in [4.69, 9.17) is 9.84 Å². The summed E-state index contributed by atoms with van der Waals surface area (Å²) < 4.78 is 32.3. The van der Waals surface area contributed by atoms with E-state index in [9.17, 15) is 13.2 Å². The van der Waals surface area contributed by atoms with E-state index in [2.05, 4.69) is 4.72 Å². The first-order valence-corrected chi connectivity index (χ1v) is 9.15. The standard InChI is InChI=1S/C13H19NO5S2/c1-9-12(8-11(20-9)13(15)16)21(17,18)14-6-7-19-10-4-2-3-5-10/h8,10,14H,2-7H2,1H3,(H,15,16). The van der Waals surface area contributed by atoms with Crippen molar-refractivity contribution in [2.45, 2.75) is 43.6 Å². The molecule has 1 saturated carbocycles. The molecule has 6 nitrogen and oxygen atoms in total. The molecule has 0 aromatic carbocycles. The smallest absolute Gasteiger partial charge is 0.345 e. The molecule has 2 rings (SSSR count). The van der Waals surface area contributed by atoms with Gasteiger partial charge in [-0.15, -0.1) is 11.3 Å². The second-order valence-corrected chi connectivity index (χ2v) is 8.00. The van der Waals surface area contributed by atoms with Gasteiger partial charge in [0.25, 0.3) is 0 Å². The van der Waals surface area contributed by atoms with Gasteiger partial charge < -0.3 is 9.84 Å². The highest BCUT2D eigenvalue weighted by Crippen LogP contribution is 2.25. The number of rotatable bonds is 7. The fourth-order valence-electron chi connectivity index (χ4n) is 2.37. The Labute approximate surface area is 128 Å². The van der Waals surface area contributed by atoms with E-state index in [1.165, 1.54) is 18.9 Å². The minimum Gasteiger partial charge on any atom is -0.477 e. The van der Waals surface area contributed by atoms with Crippen LogP contribution in [0.2, 0.25) is 0 Å². The molecule has 1 fully saturated rings. The third kappa shape index (κ3) is 4.26. The van der Waals surface area contributed by atoms with Crippen molar-refractivity contribution in [2.75, 3.05) is 13.2 Å².